The minimum atomic E-state index is -0.230. The van der Waals surface area contributed by atoms with E-state index in [-0.39, 0.29) is 18.3 Å². The van der Waals surface area contributed by atoms with Crippen LogP contribution in [0.2, 0.25) is 5.82 Å². The molecule has 2 aliphatic rings. The van der Waals surface area contributed by atoms with Crippen molar-refractivity contribution in [2.45, 2.75) is 57.1 Å². The monoisotopic (exact) mass is 259 g/mol. The van der Waals surface area contributed by atoms with Crippen LogP contribution in [0.15, 0.2) is 24.3 Å². The second-order valence-corrected chi connectivity index (χ2v) is 6.80. The van der Waals surface area contributed by atoms with Crippen LogP contribution in [0.25, 0.3) is 0 Å². The van der Waals surface area contributed by atoms with Crippen LogP contribution in [0.5, 0.6) is 0 Å². The Bertz CT molecular complexity index is 467. The lowest BCUT2D eigenvalue weighted by Gasteiger charge is -2.32. The van der Waals surface area contributed by atoms with E-state index in [2.05, 4.69) is 39.8 Å². The minimum absolute atomic E-state index is 0.0763. The van der Waals surface area contributed by atoms with Crippen LogP contribution in [0.3, 0.4) is 0 Å². The van der Waals surface area contributed by atoms with Crippen LogP contribution in [-0.2, 0) is 9.31 Å². The smallest absolute Gasteiger partial charge is 0.403 e. The van der Waals surface area contributed by atoms with Crippen LogP contribution in [-0.4, -0.2) is 18.3 Å². The molecular formula is C15H22BNO2. The molecule has 0 bridgehead atoms. The number of hydrogen-bond donors (Lipinski definition) is 1. The lowest BCUT2D eigenvalue weighted by atomic mass is 9.79. The van der Waals surface area contributed by atoms with Crippen molar-refractivity contribution < 1.29 is 9.31 Å². The third-order valence-electron chi connectivity index (χ3n) is 4.83. The van der Waals surface area contributed by atoms with Gasteiger partial charge in [0.2, 0.25) is 0 Å². The van der Waals surface area contributed by atoms with Gasteiger partial charge in [-0.3, -0.25) is 0 Å². The molecule has 0 unspecified atom stereocenters. The van der Waals surface area contributed by atoms with Crippen LogP contribution in [0.1, 0.15) is 45.6 Å². The van der Waals surface area contributed by atoms with Gasteiger partial charge in [0.05, 0.1) is 11.2 Å². The van der Waals surface area contributed by atoms with Gasteiger partial charge in [-0.15, -0.1) is 0 Å². The van der Waals surface area contributed by atoms with E-state index in [1.165, 1.54) is 5.56 Å². The molecule has 0 amide bonds. The third-order valence-corrected chi connectivity index (χ3v) is 4.83. The molecule has 1 saturated heterocycles. The molecule has 2 fully saturated rings. The van der Waals surface area contributed by atoms with Crippen molar-refractivity contribution in [1.82, 2.24) is 0 Å². The number of anilines is 1. The van der Waals surface area contributed by atoms with Crippen molar-refractivity contribution in [2.75, 3.05) is 5.73 Å². The quantitative estimate of drug-likeness (QED) is 0.655. The Kier molecular flexibility index (Phi) is 2.74. The van der Waals surface area contributed by atoms with Gasteiger partial charge in [-0.25, -0.2) is 0 Å². The Morgan fingerprint density at radius 3 is 2.11 bits per heavy atom. The molecule has 1 heterocycles. The molecule has 3 rings (SSSR count). The van der Waals surface area contributed by atoms with E-state index in [1.807, 2.05) is 12.1 Å². The fourth-order valence-corrected chi connectivity index (χ4v) is 2.71. The molecule has 0 spiro atoms. The van der Waals surface area contributed by atoms with Crippen LogP contribution >= 0.6 is 0 Å². The van der Waals surface area contributed by atoms with Gasteiger partial charge in [0.1, 0.15) is 0 Å². The maximum atomic E-state index is 6.12. The summed E-state index contributed by atoms with van der Waals surface area (Å²) >= 11 is 0. The average Bonchev–Trinajstić information content (AvgIpc) is 3.04. The van der Waals surface area contributed by atoms with Crippen LogP contribution in [0.4, 0.5) is 5.69 Å². The predicted octanol–water partition coefficient (Wildman–Crippen LogP) is 3.22. The normalized spacial score (nSPS) is 31.5. The van der Waals surface area contributed by atoms with Gasteiger partial charge in [-0.05, 0) is 57.7 Å². The van der Waals surface area contributed by atoms with Gasteiger partial charge in [0.15, 0.2) is 0 Å². The first-order chi connectivity index (χ1) is 8.80. The molecule has 19 heavy (non-hydrogen) atoms. The molecule has 1 saturated carbocycles. The van der Waals surface area contributed by atoms with Crippen LogP contribution in [0, 0.1) is 0 Å². The topological polar surface area (TPSA) is 44.5 Å². The summed E-state index contributed by atoms with van der Waals surface area (Å²) in [4.78, 5) is 0. The molecule has 1 aliphatic carbocycles. The van der Waals surface area contributed by atoms with Crippen molar-refractivity contribution in [2.24, 2.45) is 0 Å². The number of nitrogen functional groups attached to an aromatic ring is 1. The van der Waals surface area contributed by atoms with Gasteiger partial charge >= 0.3 is 7.12 Å². The zero-order chi connectivity index (χ0) is 13.8. The lowest BCUT2D eigenvalue weighted by Crippen LogP contribution is -2.41. The van der Waals surface area contributed by atoms with Crippen molar-refractivity contribution in [3.8, 4) is 0 Å². The minimum Gasteiger partial charge on any atom is -0.403 e. The van der Waals surface area contributed by atoms with E-state index in [1.54, 1.807) is 0 Å². The summed E-state index contributed by atoms with van der Waals surface area (Å²) in [6.45, 7) is 8.42. The second kappa shape index (κ2) is 4.00. The standard InChI is InChI=1S/C15H22BNO2/c1-14(2)15(3,4)19-16(18-14)13-9-12(13)10-5-7-11(17)8-6-10/h5-8,12-13H,9,17H2,1-4H3/t12-,13+/m0/s1. The van der Waals surface area contributed by atoms with E-state index in [9.17, 15) is 0 Å². The highest BCUT2D eigenvalue weighted by Gasteiger charge is 2.59. The molecule has 2 atom stereocenters. The van der Waals surface area contributed by atoms with E-state index in [0.717, 1.165) is 12.1 Å². The summed E-state index contributed by atoms with van der Waals surface area (Å²) in [6.07, 6.45) is 1.14. The van der Waals surface area contributed by atoms with E-state index < -0.39 is 0 Å². The van der Waals surface area contributed by atoms with E-state index in [0.29, 0.717) is 11.7 Å². The van der Waals surface area contributed by atoms with Gasteiger partial charge in [0.25, 0.3) is 0 Å². The first-order valence-electron chi connectivity index (χ1n) is 7.01. The summed E-state index contributed by atoms with van der Waals surface area (Å²) < 4.78 is 12.2. The molecule has 1 aliphatic heterocycles. The third kappa shape index (κ3) is 2.17. The van der Waals surface area contributed by atoms with E-state index >= 15 is 0 Å². The maximum Gasteiger partial charge on any atom is 0.461 e. The highest BCUT2D eigenvalue weighted by molar-refractivity contribution is 6.49. The van der Waals surface area contributed by atoms with Crippen molar-refractivity contribution >= 4 is 12.8 Å². The first kappa shape index (κ1) is 13.0. The SMILES string of the molecule is CC1(C)OB([C@@H]2C[C@H]2c2ccc(N)cc2)OC1(C)C. The van der Waals surface area contributed by atoms with Crippen LogP contribution < -0.4 is 5.73 Å². The Morgan fingerprint density at radius 1 is 1.05 bits per heavy atom. The number of hydrogen-bond acceptors (Lipinski definition) is 3. The van der Waals surface area contributed by atoms with Crippen molar-refractivity contribution in [3.05, 3.63) is 29.8 Å². The Labute approximate surface area is 115 Å². The number of rotatable bonds is 2. The zero-order valence-corrected chi connectivity index (χ0v) is 12.1. The molecule has 102 valence electrons. The number of nitrogens with two attached hydrogens (primary N) is 1. The summed E-state index contributed by atoms with van der Waals surface area (Å²) in [6, 6.07) is 8.17. The highest BCUT2D eigenvalue weighted by atomic mass is 16.7. The first-order valence-corrected chi connectivity index (χ1v) is 7.01. The van der Waals surface area contributed by atoms with Crippen molar-refractivity contribution in [3.63, 3.8) is 0 Å². The largest absolute Gasteiger partial charge is 0.461 e. The fourth-order valence-electron chi connectivity index (χ4n) is 2.71. The Morgan fingerprint density at radius 2 is 1.58 bits per heavy atom. The molecule has 1 aromatic rings. The fraction of sp³-hybridized carbons (Fsp3) is 0.600. The second-order valence-electron chi connectivity index (χ2n) is 6.80. The molecule has 0 aromatic heterocycles. The van der Waals surface area contributed by atoms with Gasteiger partial charge in [-0.1, -0.05) is 12.1 Å². The summed E-state index contributed by atoms with van der Waals surface area (Å²) in [5.74, 6) is 1.03. The summed E-state index contributed by atoms with van der Waals surface area (Å²) in [7, 11) is -0.0763. The Balaban J connectivity index is 1.70. The van der Waals surface area contributed by atoms with Gasteiger partial charge < -0.3 is 15.0 Å². The molecule has 1 aromatic carbocycles. The predicted molar refractivity (Wildman–Crippen MR) is 78.0 cm³/mol. The number of benzene rings is 1. The van der Waals surface area contributed by atoms with Gasteiger partial charge in [0, 0.05) is 11.5 Å². The Hall–Kier alpha value is -0.995. The highest BCUT2D eigenvalue weighted by Crippen LogP contribution is 2.58. The lowest BCUT2D eigenvalue weighted by molar-refractivity contribution is 0.00578. The van der Waals surface area contributed by atoms with Crippen molar-refractivity contribution in [1.29, 1.82) is 0 Å². The zero-order valence-electron chi connectivity index (χ0n) is 12.1. The van der Waals surface area contributed by atoms with Gasteiger partial charge in [-0.2, -0.15) is 0 Å². The summed E-state index contributed by atoms with van der Waals surface area (Å²) in [5, 5.41) is 0. The molecule has 2 N–H and O–H groups in total. The molecule has 4 heteroatoms. The molecular weight excluding hydrogens is 237 g/mol. The average molecular weight is 259 g/mol. The molecule has 3 nitrogen and oxygen atoms in total. The van der Waals surface area contributed by atoms with E-state index in [4.69, 9.17) is 15.0 Å². The summed E-state index contributed by atoms with van der Waals surface area (Å²) in [5.41, 5.74) is 7.42. The maximum absolute atomic E-state index is 6.12. The molecule has 0 radical (unpaired) electrons.